The van der Waals surface area contributed by atoms with Gasteiger partial charge in [-0.15, -0.1) is 0 Å². The first-order valence-corrected chi connectivity index (χ1v) is 5.18. The van der Waals surface area contributed by atoms with Gasteiger partial charge in [0.25, 0.3) is 0 Å². The van der Waals surface area contributed by atoms with E-state index < -0.39 is 0 Å². The minimum Gasteiger partial charge on any atom is -0.381 e. The summed E-state index contributed by atoms with van der Waals surface area (Å²) in [6.45, 7) is 6.80. The Balaban J connectivity index is 2.19. The van der Waals surface area contributed by atoms with Gasteiger partial charge in [0.1, 0.15) is 0 Å². The van der Waals surface area contributed by atoms with Gasteiger partial charge < -0.3 is 15.8 Å². The first-order chi connectivity index (χ1) is 6.08. The molecule has 1 aliphatic heterocycles. The van der Waals surface area contributed by atoms with Gasteiger partial charge in [0, 0.05) is 31.3 Å². The Morgan fingerprint density at radius 2 is 2.15 bits per heavy atom. The molecular weight excluding hydrogens is 164 g/mol. The molecule has 3 N–H and O–H groups in total. The molecule has 0 spiro atoms. The zero-order valence-electron chi connectivity index (χ0n) is 8.81. The fourth-order valence-corrected chi connectivity index (χ4v) is 1.52. The summed E-state index contributed by atoms with van der Waals surface area (Å²) in [5, 5.41) is 3.50. The standard InChI is InChI=1S/C10H22N2O/c1-10(2,11)8-12-9-4-3-6-13-7-5-9/h9,12H,3-8,11H2,1-2H3. The SMILES string of the molecule is CC(C)(N)CNC1CCCOCC1. The van der Waals surface area contributed by atoms with Crippen molar-refractivity contribution in [3.8, 4) is 0 Å². The second-order valence-electron chi connectivity index (χ2n) is 4.61. The molecule has 0 aliphatic carbocycles. The van der Waals surface area contributed by atoms with Crippen LogP contribution in [0, 0.1) is 0 Å². The lowest BCUT2D eigenvalue weighted by Gasteiger charge is -2.23. The van der Waals surface area contributed by atoms with Gasteiger partial charge in [0.2, 0.25) is 0 Å². The van der Waals surface area contributed by atoms with Crippen LogP contribution in [0.25, 0.3) is 0 Å². The summed E-state index contributed by atoms with van der Waals surface area (Å²) in [5.74, 6) is 0. The van der Waals surface area contributed by atoms with Gasteiger partial charge in [0.05, 0.1) is 0 Å². The Kier molecular flexibility index (Phi) is 4.16. The molecule has 0 aromatic heterocycles. The van der Waals surface area contributed by atoms with Crippen molar-refractivity contribution in [2.75, 3.05) is 19.8 Å². The third kappa shape index (κ3) is 5.24. The molecule has 0 saturated carbocycles. The average molecular weight is 186 g/mol. The molecule has 3 heteroatoms. The van der Waals surface area contributed by atoms with E-state index >= 15 is 0 Å². The van der Waals surface area contributed by atoms with Gasteiger partial charge in [-0.1, -0.05) is 0 Å². The van der Waals surface area contributed by atoms with Gasteiger partial charge in [-0.25, -0.2) is 0 Å². The lowest BCUT2D eigenvalue weighted by atomic mass is 10.0. The number of rotatable bonds is 3. The van der Waals surface area contributed by atoms with Crippen LogP contribution in [0.3, 0.4) is 0 Å². The monoisotopic (exact) mass is 186 g/mol. The normalized spacial score (nSPS) is 25.6. The molecule has 1 atom stereocenters. The quantitative estimate of drug-likeness (QED) is 0.688. The van der Waals surface area contributed by atoms with Crippen LogP contribution in [0.5, 0.6) is 0 Å². The van der Waals surface area contributed by atoms with Crippen molar-refractivity contribution >= 4 is 0 Å². The molecule has 13 heavy (non-hydrogen) atoms. The Labute approximate surface area is 81.0 Å². The van der Waals surface area contributed by atoms with Crippen molar-refractivity contribution in [3.63, 3.8) is 0 Å². The van der Waals surface area contributed by atoms with Crippen molar-refractivity contribution in [1.82, 2.24) is 5.32 Å². The fourth-order valence-electron chi connectivity index (χ4n) is 1.52. The van der Waals surface area contributed by atoms with E-state index in [1.54, 1.807) is 0 Å². The maximum Gasteiger partial charge on any atom is 0.0480 e. The number of ether oxygens (including phenoxy) is 1. The molecule has 1 rings (SSSR count). The molecule has 1 aliphatic rings. The Bertz CT molecular complexity index is 134. The van der Waals surface area contributed by atoms with Crippen LogP contribution < -0.4 is 11.1 Å². The molecule has 0 aromatic carbocycles. The van der Waals surface area contributed by atoms with Crippen LogP contribution in [0.4, 0.5) is 0 Å². The predicted molar refractivity (Wildman–Crippen MR) is 54.7 cm³/mol. The van der Waals surface area contributed by atoms with Crippen molar-refractivity contribution in [2.45, 2.75) is 44.7 Å². The maximum atomic E-state index is 5.90. The smallest absolute Gasteiger partial charge is 0.0480 e. The lowest BCUT2D eigenvalue weighted by molar-refractivity contribution is 0.142. The molecule has 0 radical (unpaired) electrons. The summed E-state index contributed by atoms with van der Waals surface area (Å²) >= 11 is 0. The zero-order chi connectivity index (χ0) is 9.73. The van der Waals surface area contributed by atoms with Crippen molar-refractivity contribution in [2.24, 2.45) is 5.73 Å². The van der Waals surface area contributed by atoms with E-state index in [4.69, 9.17) is 10.5 Å². The molecule has 1 unspecified atom stereocenters. The lowest BCUT2D eigenvalue weighted by Crippen LogP contribution is -2.46. The minimum atomic E-state index is -0.104. The summed E-state index contributed by atoms with van der Waals surface area (Å²) in [6.07, 6.45) is 3.51. The van der Waals surface area contributed by atoms with Crippen LogP contribution in [-0.2, 0) is 4.74 Å². The van der Waals surface area contributed by atoms with Crippen LogP contribution in [0.1, 0.15) is 33.1 Å². The highest BCUT2D eigenvalue weighted by molar-refractivity contribution is 4.78. The molecule has 0 aromatic rings. The highest BCUT2D eigenvalue weighted by Crippen LogP contribution is 2.08. The molecule has 78 valence electrons. The summed E-state index contributed by atoms with van der Waals surface area (Å²) in [5.41, 5.74) is 5.79. The van der Waals surface area contributed by atoms with Gasteiger partial charge >= 0.3 is 0 Å². The van der Waals surface area contributed by atoms with Crippen LogP contribution >= 0.6 is 0 Å². The largest absolute Gasteiger partial charge is 0.381 e. The maximum absolute atomic E-state index is 5.90. The van der Waals surface area contributed by atoms with Gasteiger partial charge in [0.15, 0.2) is 0 Å². The number of hydrogen-bond donors (Lipinski definition) is 2. The van der Waals surface area contributed by atoms with Gasteiger partial charge in [-0.2, -0.15) is 0 Å². The third-order valence-corrected chi connectivity index (χ3v) is 2.30. The van der Waals surface area contributed by atoms with E-state index in [1.165, 1.54) is 12.8 Å². The third-order valence-electron chi connectivity index (χ3n) is 2.30. The van der Waals surface area contributed by atoms with E-state index in [0.717, 1.165) is 26.2 Å². The van der Waals surface area contributed by atoms with E-state index in [1.807, 2.05) is 13.8 Å². The predicted octanol–water partition coefficient (Wildman–Crippen LogP) is 0.882. The van der Waals surface area contributed by atoms with E-state index in [2.05, 4.69) is 5.32 Å². The van der Waals surface area contributed by atoms with Gasteiger partial charge in [-0.3, -0.25) is 0 Å². The Morgan fingerprint density at radius 1 is 1.38 bits per heavy atom. The highest BCUT2D eigenvalue weighted by atomic mass is 16.5. The molecule has 0 amide bonds. The highest BCUT2D eigenvalue weighted by Gasteiger charge is 2.15. The molecule has 0 bridgehead atoms. The molecule has 3 nitrogen and oxygen atoms in total. The summed E-state index contributed by atoms with van der Waals surface area (Å²) in [6, 6.07) is 0.602. The summed E-state index contributed by atoms with van der Waals surface area (Å²) in [4.78, 5) is 0. The molecule has 1 saturated heterocycles. The Morgan fingerprint density at radius 3 is 2.85 bits per heavy atom. The van der Waals surface area contributed by atoms with Crippen LogP contribution in [-0.4, -0.2) is 31.3 Å². The average Bonchev–Trinajstić information content (AvgIpc) is 2.26. The number of nitrogens with two attached hydrogens (primary N) is 1. The summed E-state index contributed by atoms with van der Waals surface area (Å²) in [7, 11) is 0. The van der Waals surface area contributed by atoms with Crippen molar-refractivity contribution in [1.29, 1.82) is 0 Å². The fraction of sp³-hybridized carbons (Fsp3) is 1.00. The van der Waals surface area contributed by atoms with Crippen molar-refractivity contribution < 1.29 is 4.74 Å². The van der Waals surface area contributed by atoms with E-state index in [9.17, 15) is 0 Å². The molecule has 1 heterocycles. The molecular formula is C10H22N2O. The van der Waals surface area contributed by atoms with Crippen LogP contribution in [0.15, 0.2) is 0 Å². The van der Waals surface area contributed by atoms with Crippen molar-refractivity contribution in [3.05, 3.63) is 0 Å². The zero-order valence-corrected chi connectivity index (χ0v) is 8.81. The Hall–Kier alpha value is -0.120. The van der Waals surface area contributed by atoms with Gasteiger partial charge in [-0.05, 0) is 33.1 Å². The second kappa shape index (κ2) is 4.94. The minimum absolute atomic E-state index is 0.104. The first-order valence-electron chi connectivity index (χ1n) is 5.18. The molecule has 1 fully saturated rings. The number of nitrogens with one attached hydrogen (secondary N) is 1. The second-order valence-corrected chi connectivity index (χ2v) is 4.61. The van der Waals surface area contributed by atoms with E-state index in [0.29, 0.717) is 6.04 Å². The van der Waals surface area contributed by atoms with E-state index in [-0.39, 0.29) is 5.54 Å². The van der Waals surface area contributed by atoms with Crippen LogP contribution in [0.2, 0.25) is 0 Å². The summed E-state index contributed by atoms with van der Waals surface area (Å²) < 4.78 is 5.39. The number of hydrogen-bond acceptors (Lipinski definition) is 3. The topological polar surface area (TPSA) is 47.3 Å². The first kappa shape index (κ1) is 11.0.